The molecule has 2 aromatic rings. The van der Waals surface area contributed by atoms with E-state index in [1.165, 1.54) is 20.2 Å². The van der Waals surface area contributed by atoms with Gasteiger partial charge in [0.05, 0.1) is 15.4 Å². The summed E-state index contributed by atoms with van der Waals surface area (Å²) in [5.41, 5.74) is -1.25. The minimum Gasteiger partial charge on any atom is -0.280 e. The molecule has 0 bridgehead atoms. The fourth-order valence-corrected chi connectivity index (χ4v) is 3.93. The van der Waals surface area contributed by atoms with E-state index in [9.17, 15) is 30.0 Å². The maximum Gasteiger partial charge on any atom is 0.416 e. The molecule has 142 valence electrons. The normalized spacial score (nSPS) is 13.0. The second kappa shape index (κ2) is 6.89. The van der Waals surface area contributed by atoms with Gasteiger partial charge < -0.3 is 0 Å². The summed E-state index contributed by atoms with van der Waals surface area (Å²) in [6, 6.07) is 8.08. The number of hydrogen-bond acceptors (Lipinski definition) is 4. The highest BCUT2D eigenvalue weighted by molar-refractivity contribution is 7.92. The number of halogens is 3. The zero-order valence-corrected chi connectivity index (χ0v) is 15.3. The van der Waals surface area contributed by atoms with Crippen LogP contribution in [0.25, 0.3) is 0 Å². The first kappa shape index (κ1) is 20.2. The van der Waals surface area contributed by atoms with Gasteiger partial charge in [-0.25, -0.2) is 21.1 Å². The largest absolute Gasteiger partial charge is 0.416 e. The van der Waals surface area contributed by atoms with E-state index in [2.05, 4.69) is 0 Å². The van der Waals surface area contributed by atoms with Crippen LogP contribution in [-0.2, 0) is 26.2 Å². The molecule has 0 saturated heterocycles. The minimum absolute atomic E-state index is 0.111. The van der Waals surface area contributed by atoms with Crippen LogP contribution < -0.4 is 4.72 Å². The van der Waals surface area contributed by atoms with Gasteiger partial charge in [-0.1, -0.05) is 6.07 Å². The standard InChI is InChI=1S/C15H15F3N2O4S2/c1-20(2)26(23,24)14-8-6-13(7-9-14)25(21,22)19-12-5-3-4-11(10-12)15(16,17)18/h3-10,19H,1-2H3. The van der Waals surface area contributed by atoms with Crippen LogP contribution in [0, 0.1) is 0 Å². The lowest BCUT2D eigenvalue weighted by molar-refractivity contribution is -0.137. The lowest BCUT2D eigenvalue weighted by atomic mass is 10.2. The molecule has 0 aliphatic heterocycles. The van der Waals surface area contributed by atoms with Gasteiger partial charge >= 0.3 is 6.18 Å². The molecule has 0 spiro atoms. The van der Waals surface area contributed by atoms with Crippen LogP contribution in [-0.4, -0.2) is 35.2 Å². The number of benzene rings is 2. The van der Waals surface area contributed by atoms with E-state index in [0.29, 0.717) is 6.07 Å². The summed E-state index contributed by atoms with van der Waals surface area (Å²) >= 11 is 0. The quantitative estimate of drug-likeness (QED) is 0.825. The average molecular weight is 408 g/mol. The Hall–Kier alpha value is -2.11. The molecule has 6 nitrogen and oxygen atoms in total. The molecule has 11 heteroatoms. The summed E-state index contributed by atoms with van der Waals surface area (Å²) in [4.78, 5) is -0.395. The topological polar surface area (TPSA) is 83.6 Å². The van der Waals surface area contributed by atoms with E-state index in [1.807, 2.05) is 4.72 Å². The van der Waals surface area contributed by atoms with Crippen LogP contribution in [0.5, 0.6) is 0 Å². The molecule has 0 unspecified atom stereocenters. The van der Waals surface area contributed by atoms with E-state index < -0.39 is 31.8 Å². The van der Waals surface area contributed by atoms with Crippen molar-refractivity contribution >= 4 is 25.7 Å². The smallest absolute Gasteiger partial charge is 0.280 e. The molecule has 1 N–H and O–H groups in total. The number of alkyl halides is 3. The van der Waals surface area contributed by atoms with Crippen molar-refractivity contribution in [3.8, 4) is 0 Å². The zero-order chi connectivity index (χ0) is 19.8. The Morgan fingerprint density at radius 2 is 1.42 bits per heavy atom. The molecule has 0 aliphatic carbocycles. The Morgan fingerprint density at radius 1 is 0.885 bits per heavy atom. The fourth-order valence-electron chi connectivity index (χ4n) is 1.97. The van der Waals surface area contributed by atoms with Crippen molar-refractivity contribution in [2.75, 3.05) is 18.8 Å². The third-order valence-electron chi connectivity index (χ3n) is 3.35. The summed E-state index contributed by atoms with van der Waals surface area (Å²) < 4.78 is 89.7. The minimum atomic E-state index is -4.61. The second-order valence-corrected chi connectivity index (χ2v) is 9.28. The third-order valence-corrected chi connectivity index (χ3v) is 6.58. The van der Waals surface area contributed by atoms with Gasteiger partial charge in [0.15, 0.2) is 0 Å². The number of nitrogens with one attached hydrogen (secondary N) is 1. The summed E-state index contributed by atoms with van der Waals surface area (Å²) in [7, 11) is -5.25. The molecule has 0 fully saturated rings. The Balaban J connectivity index is 2.32. The molecular weight excluding hydrogens is 393 g/mol. The number of rotatable bonds is 5. The van der Waals surface area contributed by atoms with Gasteiger partial charge in [-0.3, -0.25) is 4.72 Å². The Kier molecular flexibility index (Phi) is 5.36. The first-order chi connectivity index (χ1) is 11.8. The van der Waals surface area contributed by atoms with Gasteiger partial charge in [-0.05, 0) is 42.5 Å². The molecule has 2 rings (SSSR count). The molecule has 26 heavy (non-hydrogen) atoms. The molecule has 0 radical (unpaired) electrons. The van der Waals surface area contributed by atoms with Crippen LogP contribution in [0.1, 0.15) is 5.56 Å². The first-order valence-electron chi connectivity index (χ1n) is 7.07. The number of sulfonamides is 2. The Labute approximate surface area is 149 Å². The highest BCUT2D eigenvalue weighted by atomic mass is 32.2. The Bertz CT molecular complexity index is 1000. The van der Waals surface area contributed by atoms with Crippen molar-refractivity contribution in [3.63, 3.8) is 0 Å². The van der Waals surface area contributed by atoms with Crippen molar-refractivity contribution in [1.82, 2.24) is 4.31 Å². The number of nitrogens with zero attached hydrogens (tertiary/aromatic N) is 1. The van der Waals surface area contributed by atoms with E-state index in [0.717, 1.165) is 40.7 Å². The molecule has 0 amide bonds. The Morgan fingerprint density at radius 3 is 1.92 bits per heavy atom. The van der Waals surface area contributed by atoms with Crippen LogP contribution in [0.2, 0.25) is 0 Å². The maximum atomic E-state index is 12.7. The predicted octanol–water partition coefficient (Wildman–Crippen LogP) is 2.76. The number of hydrogen-bond donors (Lipinski definition) is 1. The zero-order valence-electron chi connectivity index (χ0n) is 13.6. The highest BCUT2D eigenvalue weighted by Crippen LogP contribution is 2.31. The summed E-state index contributed by atoms with van der Waals surface area (Å²) in [5, 5.41) is 0. The predicted molar refractivity (Wildman–Crippen MR) is 89.6 cm³/mol. The van der Waals surface area contributed by atoms with Gasteiger partial charge in [-0.15, -0.1) is 0 Å². The van der Waals surface area contributed by atoms with Gasteiger partial charge in [0.2, 0.25) is 10.0 Å². The lowest BCUT2D eigenvalue weighted by Crippen LogP contribution is -2.22. The highest BCUT2D eigenvalue weighted by Gasteiger charge is 2.30. The van der Waals surface area contributed by atoms with Crippen molar-refractivity contribution < 1.29 is 30.0 Å². The van der Waals surface area contributed by atoms with Crippen LogP contribution in [0.4, 0.5) is 18.9 Å². The molecule has 0 saturated carbocycles. The van der Waals surface area contributed by atoms with Crippen molar-refractivity contribution in [2.24, 2.45) is 0 Å². The SMILES string of the molecule is CN(C)S(=O)(=O)c1ccc(S(=O)(=O)Nc2cccc(C(F)(F)F)c2)cc1. The lowest BCUT2D eigenvalue weighted by Gasteiger charge is -2.13. The van der Waals surface area contributed by atoms with E-state index in [-0.39, 0.29) is 15.5 Å². The molecular formula is C15H15F3N2O4S2. The summed E-state index contributed by atoms with van der Waals surface area (Å²) in [6.45, 7) is 0. The third kappa shape index (κ3) is 4.34. The van der Waals surface area contributed by atoms with E-state index >= 15 is 0 Å². The monoisotopic (exact) mass is 408 g/mol. The maximum absolute atomic E-state index is 12.7. The molecule has 2 aromatic carbocycles. The second-order valence-electron chi connectivity index (χ2n) is 5.44. The van der Waals surface area contributed by atoms with Gasteiger partial charge in [0.25, 0.3) is 10.0 Å². The van der Waals surface area contributed by atoms with Crippen LogP contribution >= 0.6 is 0 Å². The first-order valence-corrected chi connectivity index (χ1v) is 9.99. The molecule has 0 aliphatic rings. The average Bonchev–Trinajstić information content (AvgIpc) is 2.54. The molecule has 0 heterocycles. The summed E-state index contributed by atoms with van der Waals surface area (Å²) in [6.07, 6.45) is -4.61. The van der Waals surface area contributed by atoms with Gasteiger partial charge in [0.1, 0.15) is 0 Å². The van der Waals surface area contributed by atoms with Gasteiger partial charge in [0, 0.05) is 19.8 Å². The fraction of sp³-hybridized carbons (Fsp3) is 0.200. The molecule has 0 atom stereocenters. The number of anilines is 1. The van der Waals surface area contributed by atoms with Crippen molar-refractivity contribution in [1.29, 1.82) is 0 Å². The molecule has 0 aromatic heterocycles. The van der Waals surface area contributed by atoms with E-state index in [4.69, 9.17) is 0 Å². The van der Waals surface area contributed by atoms with E-state index in [1.54, 1.807) is 0 Å². The van der Waals surface area contributed by atoms with Crippen LogP contribution in [0.3, 0.4) is 0 Å². The van der Waals surface area contributed by atoms with Crippen molar-refractivity contribution in [2.45, 2.75) is 16.0 Å². The van der Waals surface area contributed by atoms with Gasteiger partial charge in [-0.2, -0.15) is 13.2 Å². The summed E-state index contributed by atoms with van der Waals surface area (Å²) in [5.74, 6) is 0. The van der Waals surface area contributed by atoms with Crippen molar-refractivity contribution in [3.05, 3.63) is 54.1 Å². The van der Waals surface area contributed by atoms with Crippen LogP contribution in [0.15, 0.2) is 58.3 Å².